The lowest BCUT2D eigenvalue weighted by molar-refractivity contribution is -0.929. The van der Waals surface area contributed by atoms with E-state index >= 15 is 0 Å². The normalized spacial score (nSPS) is 37.3. The minimum Gasteiger partial charge on any atom is -0.506 e. The molecular weight excluding hydrogens is 497 g/mol. The molecule has 2 bridgehead atoms. The zero-order valence-corrected chi connectivity index (χ0v) is 21.8. The number of aliphatic hydroxyl groups is 1. The summed E-state index contributed by atoms with van der Waals surface area (Å²) in [6, 6.07) is 7.69. The minimum atomic E-state index is -5.10. The SMILES string of the molecule is COC1=CC=C2C[C@@H]3[C@@H]4CCC[C@@H]5OC1(NC(=O)C(=C(O)c1ccccc1)C(F)(F)F)C2[C@@]54CC[N+]3(C)C. The van der Waals surface area contributed by atoms with Gasteiger partial charge in [-0.15, -0.1) is 0 Å². The predicted molar refractivity (Wildman–Crippen MR) is 134 cm³/mol. The van der Waals surface area contributed by atoms with Gasteiger partial charge >= 0.3 is 6.18 Å². The smallest absolute Gasteiger partial charge is 0.425 e. The second-order valence-corrected chi connectivity index (χ2v) is 12.0. The number of aliphatic hydroxyl groups excluding tert-OH is 1. The van der Waals surface area contributed by atoms with Crippen molar-refractivity contribution in [2.75, 3.05) is 27.7 Å². The summed E-state index contributed by atoms with van der Waals surface area (Å²) in [6.45, 7) is 0.934. The maximum absolute atomic E-state index is 14.3. The molecule has 6 rings (SSSR count). The second-order valence-electron chi connectivity index (χ2n) is 12.0. The van der Waals surface area contributed by atoms with Crippen molar-refractivity contribution in [2.24, 2.45) is 17.3 Å². The number of methoxy groups -OCH3 is 1. The van der Waals surface area contributed by atoms with Gasteiger partial charge in [0.2, 0.25) is 5.72 Å². The highest BCUT2D eigenvalue weighted by Crippen LogP contribution is 2.70. The molecule has 2 N–H and O–H groups in total. The highest BCUT2D eigenvalue weighted by Gasteiger charge is 2.76. The van der Waals surface area contributed by atoms with Gasteiger partial charge in [-0.05, 0) is 18.9 Å². The number of alkyl halides is 3. The number of ether oxygens (including phenoxy) is 2. The minimum absolute atomic E-state index is 0.0910. The molecule has 6 nitrogen and oxygen atoms in total. The molecule has 204 valence electrons. The molecule has 2 aliphatic heterocycles. The third kappa shape index (κ3) is 3.37. The predicted octanol–water partition coefficient (Wildman–Crippen LogP) is 4.85. The van der Waals surface area contributed by atoms with Crippen LogP contribution < -0.4 is 5.32 Å². The molecule has 2 saturated carbocycles. The van der Waals surface area contributed by atoms with E-state index in [1.165, 1.54) is 31.4 Å². The van der Waals surface area contributed by atoms with Crippen LogP contribution in [0.5, 0.6) is 0 Å². The lowest BCUT2D eigenvalue weighted by Gasteiger charge is -2.63. The zero-order valence-electron chi connectivity index (χ0n) is 21.8. The van der Waals surface area contributed by atoms with Gasteiger partial charge in [-0.25, -0.2) is 0 Å². The largest absolute Gasteiger partial charge is 0.506 e. The second kappa shape index (κ2) is 8.36. The number of likely N-dealkylation sites (tertiary alicyclic amines) is 1. The molecule has 1 aromatic carbocycles. The van der Waals surface area contributed by atoms with Crippen LogP contribution in [0.3, 0.4) is 0 Å². The van der Waals surface area contributed by atoms with E-state index in [4.69, 9.17) is 9.47 Å². The first-order valence-corrected chi connectivity index (χ1v) is 13.3. The van der Waals surface area contributed by atoms with Crippen molar-refractivity contribution in [1.82, 2.24) is 5.32 Å². The molecule has 1 amide bonds. The van der Waals surface area contributed by atoms with Gasteiger partial charge in [0.25, 0.3) is 5.91 Å². The highest BCUT2D eigenvalue weighted by molar-refractivity contribution is 6.01. The number of hydrogen-bond acceptors (Lipinski definition) is 4. The van der Waals surface area contributed by atoms with Gasteiger partial charge in [-0.2, -0.15) is 13.2 Å². The summed E-state index contributed by atoms with van der Waals surface area (Å²) in [7, 11) is 5.98. The molecule has 3 aliphatic carbocycles. The summed E-state index contributed by atoms with van der Waals surface area (Å²) in [5.41, 5.74) is -2.52. The number of nitrogens with zero attached hydrogens (tertiary/aromatic N) is 1. The molecule has 2 saturated heterocycles. The first-order chi connectivity index (χ1) is 18.0. The van der Waals surface area contributed by atoms with E-state index in [1.807, 2.05) is 6.08 Å². The standard InChI is InChI=1S/C29H33F3N2O4/c1-34(2)15-14-27-19-10-7-11-21(27)38-28(22(37-3)13-12-18(25(27)28)16-20(19)34)33-26(36)23(29(30,31)32)24(35)17-8-5-4-6-9-17/h4-6,8-9,12-13,19-21,25H,7,10-11,14-16H2,1-3H3,(H-,33,35,36)/p+1/t19-,20+,21-,25?,27+,28?/m0/s1. The van der Waals surface area contributed by atoms with E-state index < -0.39 is 29.1 Å². The number of nitrogens with one attached hydrogen (secondary N) is 1. The lowest BCUT2D eigenvalue weighted by Crippen LogP contribution is -2.70. The third-order valence-corrected chi connectivity index (χ3v) is 9.97. The van der Waals surface area contributed by atoms with E-state index in [0.717, 1.165) is 48.7 Å². The fraction of sp³-hybridized carbons (Fsp3) is 0.552. The number of allylic oxidation sites excluding steroid dienone is 2. The van der Waals surface area contributed by atoms with E-state index in [9.17, 15) is 23.1 Å². The van der Waals surface area contributed by atoms with Crippen LogP contribution in [0.4, 0.5) is 13.2 Å². The molecule has 1 spiro atoms. The van der Waals surface area contributed by atoms with Crippen molar-refractivity contribution in [1.29, 1.82) is 0 Å². The number of hydrogen-bond donors (Lipinski definition) is 2. The Morgan fingerprint density at radius 1 is 1.18 bits per heavy atom. The number of rotatable bonds is 4. The third-order valence-electron chi connectivity index (χ3n) is 9.97. The number of amides is 1. The quantitative estimate of drug-likeness (QED) is 0.331. The number of quaternary nitrogens is 1. The summed E-state index contributed by atoms with van der Waals surface area (Å²) in [6.07, 6.45) is 2.88. The Bertz CT molecular complexity index is 1250. The van der Waals surface area contributed by atoms with E-state index in [2.05, 4.69) is 19.4 Å². The van der Waals surface area contributed by atoms with Crippen LogP contribution in [0, 0.1) is 17.3 Å². The first kappa shape index (κ1) is 25.5. The Balaban J connectivity index is 1.48. The Labute approximate surface area is 220 Å². The van der Waals surface area contributed by atoms with Gasteiger partial charge in [0.05, 0.1) is 39.9 Å². The van der Waals surface area contributed by atoms with Gasteiger partial charge in [0.15, 0.2) is 5.57 Å². The van der Waals surface area contributed by atoms with Crippen LogP contribution in [-0.4, -0.2) is 67.3 Å². The van der Waals surface area contributed by atoms with Gasteiger partial charge in [-0.1, -0.05) is 48.4 Å². The Morgan fingerprint density at radius 3 is 2.61 bits per heavy atom. The van der Waals surface area contributed by atoms with Gasteiger partial charge < -0.3 is 24.4 Å². The maximum Gasteiger partial charge on any atom is 0.425 e. The molecule has 2 unspecified atom stereocenters. The average molecular weight is 532 g/mol. The molecule has 0 aromatic heterocycles. The number of piperidine rings is 1. The average Bonchev–Trinajstić information content (AvgIpc) is 3.16. The summed E-state index contributed by atoms with van der Waals surface area (Å²) in [5, 5.41) is 13.4. The van der Waals surface area contributed by atoms with Crippen molar-refractivity contribution in [3.05, 3.63) is 65.0 Å². The fourth-order valence-electron chi connectivity index (χ4n) is 8.47. The zero-order chi connectivity index (χ0) is 27.1. The Kier molecular flexibility index (Phi) is 5.61. The van der Waals surface area contributed by atoms with Gasteiger partial charge in [-0.3, -0.25) is 4.79 Å². The van der Waals surface area contributed by atoms with Crippen LogP contribution >= 0.6 is 0 Å². The molecule has 1 aromatic rings. The molecule has 38 heavy (non-hydrogen) atoms. The van der Waals surface area contributed by atoms with Crippen LogP contribution in [0.25, 0.3) is 5.76 Å². The topological polar surface area (TPSA) is 67.8 Å². The molecule has 2 heterocycles. The van der Waals surface area contributed by atoms with Crippen molar-refractivity contribution >= 4 is 11.7 Å². The van der Waals surface area contributed by atoms with Crippen molar-refractivity contribution < 1.29 is 37.0 Å². The van der Waals surface area contributed by atoms with Crippen LogP contribution in [-0.2, 0) is 14.3 Å². The van der Waals surface area contributed by atoms with E-state index in [0.29, 0.717) is 17.7 Å². The fourth-order valence-corrected chi connectivity index (χ4v) is 8.47. The molecule has 4 fully saturated rings. The van der Waals surface area contributed by atoms with E-state index in [1.54, 1.807) is 12.1 Å². The number of carbonyl (C=O) groups excluding carboxylic acids is 1. The summed E-state index contributed by atoms with van der Waals surface area (Å²) in [5.74, 6) is -2.26. The highest BCUT2D eigenvalue weighted by atomic mass is 19.4. The van der Waals surface area contributed by atoms with Crippen molar-refractivity contribution in [2.45, 2.75) is 56.2 Å². The maximum atomic E-state index is 14.3. The summed E-state index contributed by atoms with van der Waals surface area (Å²) in [4.78, 5) is 13.6. The monoisotopic (exact) mass is 531 g/mol. The molecule has 5 aliphatic rings. The number of benzene rings is 1. The van der Waals surface area contributed by atoms with Crippen LogP contribution in [0.2, 0.25) is 0 Å². The van der Waals surface area contributed by atoms with Crippen molar-refractivity contribution in [3.8, 4) is 0 Å². The Hall–Kier alpha value is -2.78. The van der Waals surface area contributed by atoms with Crippen molar-refractivity contribution in [3.63, 3.8) is 0 Å². The summed E-state index contributed by atoms with van der Waals surface area (Å²) >= 11 is 0. The van der Waals surface area contributed by atoms with Gasteiger partial charge in [0, 0.05) is 35.7 Å². The molecule has 6 atom stereocenters. The number of carbonyl (C=O) groups is 1. The molecular formula is C29H34F3N2O4+. The van der Waals surface area contributed by atoms with Gasteiger partial charge in [0.1, 0.15) is 11.5 Å². The van der Waals surface area contributed by atoms with E-state index in [-0.39, 0.29) is 23.0 Å². The molecule has 0 radical (unpaired) electrons. The summed E-state index contributed by atoms with van der Waals surface area (Å²) < 4.78 is 56.4. The number of halogens is 3. The Morgan fingerprint density at radius 2 is 1.92 bits per heavy atom. The molecule has 9 heteroatoms. The lowest BCUT2D eigenvalue weighted by atomic mass is 9.46. The first-order valence-electron chi connectivity index (χ1n) is 13.3. The van der Waals surface area contributed by atoms with Crippen LogP contribution in [0.15, 0.2) is 59.4 Å². The van der Waals surface area contributed by atoms with Crippen LogP contribution in [0.1, 0.15) is 37.7 Å².